The van der Waals surface area contributed by atoms with Crippen molar-refractivity contribution in [2.45, 2.75) is 18.2 Å². The molecule has 174 valence electrons. The van der Waals surface area contributed by atoms with Gasteiger partial charge in [-0.3, -0.25) is 9.69 Å². The zero-order valence-corrected chi connectivity index (χ0v) is 21.0. The van der Waals surface area contributed by atoms with E-state index in [0.29, 0.717) is 28.6 Å². The van der Waals surface area contributed by atoms with Crippen molar-refractivity contribution in [1.82, 2.24) is 9.88 Å². The van der Waals surface area contributed by atoms with E-state index in [-0.39, 0.29) is 17.3 Å². The normalized spacial score (nSPS) is 11.6. The minimum Gasteiger partial charge on any atom is -0.309 e. The summed E-state index contributed by atoms with van der Waals surface area (Å²) in [4.78, 5) is 21.0. The Balaban J connectivity index is 0.00000363. The molecule has 0 saturated carbocycles. The number of rotatable bonds is 8. The first kappa shape index (κ1) is 26.5. The van der Waals surface area contributed by atoms with Crippen LogP contribution in [0.25, 0.3) is 10.2 Å². The van der Waals surface area contributed by atoms with Gasteiger partial charge in [0.25, 0.3) is 0 Å². The molecular formula is C21H24Cl2FN3O3S2. The molecule has 0 aliphatic carbocycles. The first-order valence-electron chi connectivity index (χ1n) is 9.57. The standard InChI is InChI=1S/C21H23ClFN3O3S2.ClH/c1-14-5-10-17(22)20-19(14)24-21(30-20)26(12-4-11-25(2)3)18(27)13-31(28,29)16-8-6-15(23)7-9-16;/h5-10H,4,11-13H2,1-3H3;1H. The summed E-state index contributed by atoms with van der Waals surface area (Å²) in [7, 11) is -0.0894. The third kappa shape index (κ3) is 6.17. The van der Waals surface area contributed by atoms with Crippen LogP contribution in [0.1, 0.15) is 12.0 Å². The number of halogens is 3. The van der Waals surface area contributed by atoms with Gasteiger partial charge in [-0.2, -0.15) is 0 Å². The second kappa shape index (κ2) is 10.9. The maximum atomic E-state index is 13.2. The highest BCUT2D eigenvalue weighted by Gasteiger charge is 2.27. The molecule has 0 saturated heterocycles. The number of fused-ring (bicyclic) bond motifs is 1. The summed E-state index contributed by atoms with van der Waals surface area (Å²) >= 11 is 7.57. The quantitative estimate of drug-likeness (QED) is 0.407. The lowest BCUT2D eigenvalue weighted by Gasteiger charge is -2.21. The number of aryl methyl sites for hydroxylation is 1. The van der Waals surface area contributed by atoms with Crippen molar-refractivity contribution in [3.63, 3.8) is 0 Å². The Morgan fingerprint density at radius 3 is 2.38 bits per heavy atom. The van der Waals surface area contributed by atoms with E-state index >= 15 is 0 Å². The number of carbonyl (C=O) groups excluding carboxylic acids is 1. The van der Waals surface area contributed by atoms with Crippen LogP contribution < -0.4 is 4.90 Å². The van der Waals surface area contributed by atoms with Crippen LogP contribution in [-0.4, -0.2) is 57.1 Å². The largest absolute Gasteiger partial charge is 0.309 e. The lowest BCUT2D eigenvalue weighted by molar-refractivity contribution is -0.116. The molecule has 1 amide bonds. The summed E-state index contributed by atoms with van der Waals surface area (Å²) in [6.07, 6.45) is 0.637. The fourth-order valence-electron chi connectivity index (χ4n) is 3.04. The van der Waals surface area contributed by atoms with Gasteiger partial charge in [-0.1, -0.05) is 29.0 Å². The molecular weight excluding hydrogens is 496 g/mol. The Morgan fingerprint density at radius 1 is 1.12 bits per heavy atom. The van der Waals surface area contributed by atoms with Crippen molar-refractivity contribution in [1.29, 1.82) is 0 Å². The smallest absolute Gasteiger partial charge is 0.244 e. The molecule has 1 heterocycles. The fourth-order valence-corrected chi connectivity index (χ4v) is 5.60. The van der Waals surface area contributed by atoms with Gasteiger partial charge in [-0.25, -0.2) is 17.8 Å². The van der Waals surface area contributed by atoms with E-state index in [2.05, 4.69) is 4.98 Å². The number of hydrogen-bond donors (Lipinski definition) is 0. The van der Waals surface area contributed by atoms with Crippen LogP contribution >= 0.6 is 35.3 Å². The molecule has 2 aromatic carbocycles. The minimum absolute atomic E-state index is 0. The van der Waals surface area contributed by atoms with Crippen LogP contribution in [0, 0.1) is 12.7 Å². The van der Waals surface area contributed by atoms with Crippen molar-refractivity contribution in [3.8, 4) is 0 Å². The Hall–Kier alpha value is -1.78. The number of hydrogen-bond acceptors (Lipinski definition) is 6. The Morgan fingerprint density at radius 2 is 1.78 bits per heavy atom. The van der Waals surface area contributed by atoms with Crippen LogP contribution in [-0.2, 0) is 14.6 Å². The summed E-state index contributed by atoms with van der Waals surface area (Å²) in [5.74, 6) is -1.86. The highest BCUT2D eigenvalue weighted by atomic mass is 35.5. The second-order valence-electron chi connectivity index (χ2n) is 7.45. The summed E-state index contributed by atoms with van der Waals surface area (Å²) < 4.78 is 39.4. The number of benzene rings is 2. The SMILES string of the molecule is Cc1ccc(Cl)c2sc(N(CCCN(C)C)C(=O)CS(=O)(=O)c3ccc(F)cc3)nc12.Cl. The predicted octanol–water partition coefficient (Wildman–Crippen LogP) is 4.58. The van der Waals surface area contributed by atoms with Crippen molar-refractivity contribution >= 4 is 66.4 Å². The summed E-state index contributed by atoms with van der Waals surface area (Å²) in [6.45, 7) is 2.94. The van der Waals surface area contributed by atoms with Gasteiger partial charge in [-0.15, -0.1) is 12.4 Å². The average Bonchev–Trinajstić information content (AvgIpc) is 3.14. The molecule has 11 heteroatoms. The van der Waals surface area contributed by atoms with Crippen LogP contribution in [0.3, 0.4) is 0 Å². The molecule has 0 N–H and O–H groups in total. The lowest BCUT2D eigenvalue weighted by atomic mass is 10.2. The molecule has 0 atom stereocenters. The van der Waals surface area contributed by atoms with E-state index < -0.39 is 27.3 Å². The topological polar surface area (TPSA) is 70.6 Å². The highest BCUT2D eigenvalue weighted by Crippen LogP contribution is 2.36. The zero-order chi connectivity index (χ0) is 22.8. The third-order valence-electron chi connectivity index (χ3n) is 4.69. The van der Waals surface area contributed by atoms with Gasteiger partial charge in [-0.05, 0) is 69.9 Å². The molecule has 3 rings (SSSR count). The average molecular weight is 520 g/mol. The molecule has 0 aliphatic rings. The van der Waals surface area contributed by atoms with Gasteiger partial charge in [0.05, 0.1) is 20.1 Å². The Bertz CT molecular complexity index is 1160. The molecule has 32 heavy (non-hydrogen) atoms. The van der Waals surface area contributed by atoms with E-state index in [4.69, 9.17) is 11.6 Å². The maximum Gasteiger partial charge on any atom is 0.244 e. The maximum absolute atomic E-state index is 13.2. The van der Waals surface area contributed by atoms with Crippen molar-refractivity contribution in [3.05, 3.63) is 52.8 Å². The van der Waals surface area contributed by atoms with Crippen LogP contribution in [0.5, 0.6) is 0 Å². The Labute approximate surface area is 202 Å². The number of nitrogens with zero attached hydrogens (tertiary/aromatic N) is 3. The Kier molecular flexibility index (Phi) is 9.01. The van der Waals surface area contributed by atoms with E-state index in [1.54, 1.807) is 6.07 Å². The fraction of sp³-hybridized carbons (Fsp3) is 0.333. The number of aromatic nitrogens is 1. The van der Waals surface area contributed by atoms with Gasteiger partial charge < -0.3 is 4.90 Å². The van der Waals surface area contributed by atoms with Crippen molar-refractivity contribution in [2.75, 3.05) is 37.8 Å². The van der Waals surface area contributed by atoms with E-state index in [0.717, 1.165) is 41.1 Å². The number of amides is 1. The number of anilines is 1. The van der Waals surface area contributed by atoms with Crippen LogP contribution in [0.15, 0.2) is 41.3 Å². The van der Waals surface area contributed by atoms with Gasteiger partial charge in [0.15, 0.2) is 15.0 Å². The molecule has 0 radical (unpaired) electrons. The molecule has 0 unspecified atom stereocenters. The summed E-state index contributed by atoms with van der Waals surface area (Å²) in [5, 5.41) is 0.938. The minimum atomic E-state index is -3.93. The summed E-state index contributed by atoms with van der Waals surface area (Å²) in [5.41, 5.74) is 1.61. The first-order chi connectivity index (χ1) is 14.6. The molecule has 0 spiro atoms. The third-order valence-corrected chi connectivity index (χ3v) is 7.85. The number of carbonyl (C=O) groups is 1. The highest BCUT2D eigenvalue weighted by molar-refractivity contribution is 7.92. The molecule has 6 nitrogen and oxygen atoms in total. The zero-order valence-electron chi connectivity index (χ0n) is 17.8. The van der Waals surface area contributed by atoms with Crippen LogP contribution in [0.2, 0.25) is 5.02 Å². The van der Waals surface area contributed by atoms with E-state index in [1.165, 1.54) is 16.2 Å². The number of sulfone groups is 1. The van der Waals surface area contributed by atoms with Gasteiger partial charge >= 0.3 is 0 Å². The predicted molar refractivity (Wildman–Crippen MR) is 131 cm³/mol. The second-order valence-corrected chi connectivity index (χ2v) is 10.8. The van der Waals surface area contributed by atoms with Crippen LogP contribution in [0.4, 0.5) is 9.52 Å². The molecule has 0 aliphatic heterocycles. The van der Waals surface area contributed by atoms with Crippen molar-refractivity contribution in [2.24, 2.45) is 0 Å². The molecule has 0 fully saturated rings. The monoisotopic (exact) mass is 519 g/mol. The van der Waals surface area contributed by atoms with E-state index in [9.17, 15) is 17.6 Å². The van der Waals surface area contributed by atoms with Gasteiger partial charge in [0.2, 0.25) is 5.91 Å². The van der Waals surface area contributed by atoms with Gasteiger partial charge in [0.1, 0.15) is 11.6 Å². The lowest BCUT2D eigenvalue weighted by Crippen LogP contribution is -2.37. The van der Waals surface area contributed by atoms with Gasteiger partial charge in [0, 0.05) is 6.54 Å². The van der Waals surface area contributed by atoms with E-state index in [1.807, 2.05) is 32.0 Å². The molecule has 3 aromatic rings. The molecule has 0 bridgehead atoms. The summed E-state index contributed by atoms with van der Waals surface area (Å²) in [6, 6.07) is 8.07. The number of thiazole rings is 1. The molecule has 1 aromatic heterocycles. The first-order valence-corrected chi connectivity index (χ1v) is 12.4. The van der Waals surface area contributed by atoms with Crippen molar-refractivity contribution < 1.29 is 17.6 Å².